The van der Waals surface area contributed by atoms with Crippen LogP contribution in [-0.4, -0.2) is 11.5 Å². The summed E-state index contributed by atoms with van der Waals surface area (Å²) in [6, 6.07) is 15.0. The largest absolute Gasteiger partial charge is 0.355 e. The molecule has 0 aliphatic rings. The van der Waals surface area contributed by atoms with Crippen LogP contribution in [0.3, 0.4) is 0 Å². The molecule has 1 N–H and O–H groups in total. The lowest BCUT2D eigenvalue weighted by Gasteiger charge is -2.00. The molecule has 0 radical (unpaired) electrons. The van der Waals surface area contributed by atoms with Crippen LogP contribution in [-0.2, 0) is 6.42 Å². The van der Waals surface area contributed by atoms with Gasteiger partial charge in [-0.05, 0) is 42.5 Å². The van der Waals surface area contributed by atoms with Crippen molar-refractivity contribution in [1.82, 2.24) is 4.98 Å². The van der Waals surface area contributed by atoms with E-state index < -0.39 is 0 Å². The van der Waals surface area contributed by atoms with E-state index in [1.54, 1.807) is 0 Å². The van der Waals surface area contributed by atoms with Crippen LogP contribution in [0.4, 0.5) is 0 Å². The van der Waals surface area contributed by atoms with Crippen LogP contribution in [0.15, 0.2) is 47.6 Å². The Bertz CT molecular complexity index is 781. The number of unbranched alkanes of at least 4 members (excludes halogenated alkanes) is 1. The summed E-state index contributed by atoms with van der Waals surface area (Å²) in [6.45, 7) is 0.588. The topological polar surface area (TPSA) is 64.6 Å². The molecule has 0 fully saturated rings. The van der Waals surface area contributed by atoms with Crippen molar-refractivity contribution in [3.8, 4) is 0 Å². The molecule has 0 aliphatic heterocycles. The van der Waals surface area contributed by atoms with Gasteiger partial charge < -0.3 is 4.98 Å². The van der Waals surface area contributed by atoms with E-state index in [9.17, 15) is 0 Å². The van der Waals surface area contributed by atoms with Gasteiger partial charge in [-0.15, -0.1) is 0 Å². The minimum absolute atomic E-state index is 0.588. The molecule has 0 saturated heterocycles. The third kappa shape index (κ3) is 2.46. The maximum absolute atomic E-state index is 8.22. The Morgan fingerprint density at radius 3 is 2.75 bits per heavy atom. The van der Waals surface area contributed by atoms with E-state index in [1.165, 1.54) is 27.4 Å². The number of benzene rings is 2. The summed E-state index contributed by atoms with van der Waals surface area (Å²) >= 11 is 0. The average molecular weight is 264 g/mol. The molecule has 0 saturated carbocycles. The van der Waals surface area contributed by atoms with Crippen LogP contribution in [0.5, 0.6) is 0 Å². The van der Waals surface area contributed by atoms with E-state index in [4.69, 9.17) is 5.53 Å². The zero-order valence-electron chi connectivity index (χ0n) is 11.2. The van der Waals surface area contributed by atoms with Gasteiger partial charge in [-0.25, -0.2) is 0 Å². The van der Waals surface area contributed by atoms with Crippen molar-refractivity contribution in [2.24, 2.45) is 5.11 Å². The van der Waals surface area contributed by atoms with Crippen LogP contribution in [0.25, 0.3) is 32.2 Å². The molecular weight excluding hydrogens is 248 g/mol. The van der Waals surface area contributed by atoms with Crippen molar-refractivity contribution in [1.29, 1.82) is 0 Å². The van der Waals surface area contributed by atoms with Crippen LogP contribution >= 0.6 is 0 Å². The number of fused-ring (bicyclic) bond motifs is 3. The normalized spacial score (nSPS) is 10.8. The fourth-order valence-electron chi connectivity index (χ4n) is 2.61. The van der Waals surface area contributed by atoms with Gasteiger partial charge in [-0.2, -0.15) is 0 Å². The highest BCUT2D eigenvalue weighted by atomic mass is 15.1. The highest BCUT2D eigenvalue weighted by Gasteiger charge is 2.04. The highest BCUT2D eigenvalue weighted by molar-refractivity contribution is 6.07. The summed E-state index contributed by atoms with van der Waals surface area (Å²) in [6.07, 6.45) is 3.01. The third-order valence-corrected chi connectivity index (χ3v) is 3.61. The predicted octanol–water partition coefficient (Wildman–Crippen LogP) is 4.95. The molecule has 0 bridgehead atoms. The molecule has 20 heavy (non-hydrogen) atoms. The van der Waals surface area contributed by atoms with Crippen molar-refractivity contribution in [2.75, 3.05) is 6.54 Å². The first-order chi connectivity index (χ1) is 9.88. The van der Waals surface area contributed by atoms with Gasteiger partial charge in [0.15, 0.2) is 0 Å². The van der Waals surface area contributed by atoms with Gasteiger partial charge in [0.1, 0.15) is 0 Å². The Morgan fingerprint density at radius 1 is 1.00 bits per heavy atom. The van der Waals surface area contributed by atoms with Crippen molar-refractivity contribution in [2.45, 2.75) is 19.3 Å². The first-order valence-electron chi connectivity index (χ1n) is 6.89. The second-order valence-corrected chi connectivity index (χ2v) is 4.96. The second kappa shape index (κ2) is 5.68. The summed E-state index contributed by atoms with van der Waals surface area (Å²) in [5.41, 5.74) is 11.9. The molecular formula is C16H16N4. The molecule has 0 spiro atoms. The lowest BCUT2D eigenvalue weighted by Crippen LogP contribution is -1.87. The molecule has 3 rings (SSSR count). The fourth-order valence-corrected chi connectivity index (χ4v) is 2.61. The van der Waals surface area contributed by atoms with E-state index in [2.05, 4.69) is 51.4 Å². The fraction of sp³-hybridized carbons (Fsp3) is 0.250. The summed E-state index contributed by atoms with van der Waals surface area (Å²) in [5, 5.41) is 6.11. The molecule has 0 unspecified atom stereocenters. The Labute approximate surface area is 117 Å². The minimum Gasteiger partial charge on any atom is -0.355 e. The molecule has 3 aromatic rings. The second-order valence-electron chi connectivity index (χ2n) is 4.96. The van der Waals surface area contributed by atoms with Gasteiger partial charge in [0.2, 0.25) is 0 Å². The van der Waals surface area contributed by atoms with E-state index >= 15 is 0 Å². The molecule has 4 nitrogen and oxygen atoms in total. The quantitative estimate of drug-likeness (QED) is 0.293. The first-order valence-corrected chi connectivity index (χ1v) is 6.89. The number of aromatic amines is 1. The first kappa shape index (κ1) is 12.6. The number of azide groups is 1. The van der Waals surface area contributed by atoms with Gasteiger partial charge in [0.05, 0.1) is 0 Å². The van der Waals surface area contributed by atoms with Gasteiger partial charge >= 0.3 is 0 Å². The maximum atomic E-state index is 8.22. The van der Waals surface area contributed by atoms with Crippen molar-refractivity contribution < 1.29 is 0 Å². The molecule has 0 amide bonds. The summed E-state index contributed by atoms with van der Waals surface area (Å²) < 4.78 is 0. The predicted molar refractivity (Wildman–Crippen MR) is 82.8 cm³/mol. The van der Waals surface area contributed by atoms with Gasteiger partial charge in [-0.1, -0.05) is 35.4 Å². The van der Waals surface area contributed by atoms with Crippen molar-refractivity contribution in [3.05, 3.63) is 58.5 Å². The zero-order chi connectivity index (χ0) is 13.8. The molecule has 1 heterocycles. The van der Waals surface area contributed by atoms with Crippen molar-refractivity contribution in [3.63, 3.8) is 0 Å². The molecule has 0 aliphatic carbocycles. The summed E-state index contributed by atoms with van der Waals surface area (Å²) in [4.78, 5) is 6.23. The number of aryl methyl sites for hydroxylation is 1. The minimum atomic E-state index is 0.588. The van der Waals surface area contributed by atoms with Gasteiger partial charge in [-0.3, -0.25) is 0 Å². The van der Waals surface area contributed by atoms with Crippen molar-refractivity contribution >= 4 is 21.8 Å². The lowest BCUT2D eigenvalue weighted by atomic mass is 10.1. The summed E-state index contributed by atoms with van der Waals surface area (Å²) in [5.74, 6) is 0. The van der Waals surface area contributed by atoms with Gasteiger partial charge in [0.25, 0.3) is 0 Å². The monoisotopic (exact) mass is 264 g/mol. The maximum Gasteiger partial charge on any atom is 0.0467 e. The number of nitrogens with zero attached hydrogens (tertiary/aromatic N) is 3. The number of hydrogen-bond acceptors (Lipinski definition) is 1. The van der Waals surface area contributed by atoms with E-state index in [0.29, 0.717) is 6.54 Å². The molecule has 1 aromatic heterocycles. The summed E-state index contributed by atoms with van der Waals surface area (Å²) in [7, 11) is 0. The number of rotatable bonds is 5. The average Bonchev–Trinajstić information content (AvgIpc) is 2.84. The van der Waals surface area contributed by atoms with Crippen LogP contribution < -0.4 is 0 Å². The zero-order valence-corrected chi connectivity index (χ0v) is 11.2. The van der Waals surface area contributed by atoms with E-state index in [-0.39, 0.29) is 0 Å². The van der Waals surface area contributed by atoms with Gasteiger partial charge in [0, 0.05) is 33.3 Å². The number of para-hydroxylation sites is 1. The highest BCUT2D eigenvalue weighted by Crippen LogP contribution is 2.26. The van der Waals surface area contributed by atoms with Crippen LogP contribution in [0.1, 0.15) is 18.4 Å². The number of H-pyrrole nitrogens is 1. The standard InChI is InChI=1S/C16H16N4/c17-20-18-10-4-3-5-12-8-9-14-13-6-1-2-7-15(13)19-16(14)11-12/h1-2,6-9,11,19H,3-5,10H2. The molecule has 0 atom stereocenters. The number of aromatic nitrogens is 1. The number of nitrogens with one attached hydrogen (secondary N) is 1. The molecule has 2 aromatic carbocycles. The van der Waals surface area contributed by atoms with E-state index in [1.807, 2.05) is 6.07 Å². The third-order valence-electron chi connectivity index (χ3n) is 3.61. The Kier molecular flexibility index (Phi) is 3.57. The lowest BCUT2D eigenvalue weighted by molar-refractivity contribution is 0.742. The SMILES string of the molecule is [N-]=[N+]=NCCCCc1ccc2c(c1)[nH]c1ccccc12. The number of hydrogen-bond donors (Lipinski definition) is 1. The smallest absolute Gasteiger partial charge is 0.0467 e. The molecule has 4 heteroatoms. The van der Waals surface area contributed by atoms with Crippen LogP contribution in [0, 0.1) is 0 Å². The Balaban J connectivity index is 1.80. The molecule has 100 valence electrons. The van der Waals surface area contributed by atoms with E-state index in [0.717, 1.165) is 19.3 Å². The Hall–Kier alpha value is -2.45. The van der Waals surface area contributed by atoms with Crippen LogP contribution in [0.2, 0.25) is 0 Å². The Morgan fingerprint density at radius 2 is 1.85 bits per heavy atom.